The molecule has 0 aromatic heterocycles. The van der Waals surface area contributed by atoms with E-state index >= 15 is 0 Å². The summed E-state index contributed by atoms with van der Waals surface area (Å²) in [6, 6.07) is 7.59. The van der Waals surface area contributed by atoms with Gasteiger partial charge in [0.15, 0.2) is 0 Å². The molecule has 0 radical (unpaired) electrons. The molecule has 17 heavy (non-hydrogen) atoms. The van der Waals surface area contributed by atoms with Crippen LogP contribution in [-0.4, -0.2) is 25.8 Å². The average Bonchev–Trinajstić information content (AvgIpc) is 2.39. The third-order valence-corrected chi connectivity index (χ3v) is 3.25. The number of nitriles is 1. The summed E-state index contributed by atoms with van der Waals surface area (Å²) < 4.78 is 5.63. The van der Waals surface area contributed by atoms with Gasteiger partial charge in [-0.15, -0.1) is 0 Å². The second-order valence-corrected chi connectivity index (χ2v) is 4.56. The van der Waals surface area contributed by atoms with Gasteiger partial charge in [-0.25, -0.2) is 0 Å². The largest absolute Gasteiger partial charge is 0.375 e. The molecule has 2 rings (SSSR count). The van der Waals surface area contributed by atoms with Crippen LogP contribution in [0.2, 0.25) is 5.02 Å². The molecule has 0 amide bonds. The SMILES string of the molecule is CCC1CN(c2cc(Cl)ccc2C#N)CCO1. The van der Waals surface area contributed by atoms with Crippen LogP contribution in [-0.2, 0) is 4.74 Å². The van der Waals surface area contributed by atoms with Crippen molar-refractivity contribution in [1.82, 2.24) is 0 Å². The van der Waals surface area contributed by atoms with Crippen LogP contribution in [0.4, 0.5) is 5.69 Å². The molecule has 90 valence electrons. The number of halogens is 1. The molecule has 1 fully saturated rings. The summed E-state index contributed by atoms with van der Waals surface area (Å²) in [6.07, 6.45) is 1.23. The quantitative estimate of drug-likeness (QED) is 0.810. The van der Waals surface area contributed by atoms with Gasteiger partial charge in [0, 0.05) is 18.1 Å². The van der Waals surface area contributed by atoms with E-state index in [1.807, 2.05) is 6.07 Å². The van der Waals surface area contributed by atoms with Gasteiger partial charge >= 0.3 is 0 Å². The summed E-state index contributed by atoms with van der Waals surface area (Å²) in [4.78, 5) is 2.18. The van der Waals surface area contributed by atoms with Gasteiger partial charge in [0.1, 0.15) is 6.07 Å². The first kappa shape index (κ1) is 12.2. The molecule has 0 N–H and O–H groups in total. The Morgan fingerprint density at radius 2 is 2.41 bits per heavy atom. The van der Waals surface area contributed by atoms with Crippen LogP contribution in [0.1, 0.15) is 18.9 Å². The van der Waals surface area contributed by atoms with Gasteiger partial charge in [-0.1, -0.05) is 18.5 Å². The fraction of sp³-hybridized carbons (Fsp3) is 0.462. The van der Waals surface area contributed by atoms with Crippen molar-refractivity contribution in [3.63, 3.8) is 0 Å². The van der Waals surface area contributed by atoms with E-state index in [0.29, 0.717) is 17.2 Å². The van der Waals surface area contributed by atoms with Crippen LogP contribution >= 0.6 is 11.6 Å². The van der Waals surface area contributed by atoms with Gasteiger partial charge in [0.05, 0.1) is 24.0 Å². The van der Waals surface area contributed by atoms with Gasteiger partial charge in [-0.3, -0.25) is 0 Å². The van der Waals surface area contributed by atoms with Gasteiger partial charge in [-0.05, 0) is 24.6 Å². The Kier molecular flexibility index (Phi) is 3.88. The Hall–Kier alpha value is -1.24. The van der Waals surface area contributed by atoms with Crippen molar-refractivity contribution in [2.24, 2.45) is 0 Å². The van der Waals surface area contributed by atoms with Crippen LogP contribution in [0, 0.1) is 11.3 Å². The zero-order valence-corrected chi connectivity index (χ0v) is 10.6. The molecule has 1 atom stereocenters. The fourth-order valence-corrected chi connectivity index (χ4v) is 2.21. The van der Waals surface area contributed by atoms with E-state index in [1.54, 1.807) is 12.1 Å². The van der Waals surface area contributed by atoms with Crippen molar-refractivity contribution in [1.29, 1.82) is 5.26 Å². The summed E-state index contributed by atoms with van der Waals surface area (Å²) in [7, 11) is 0. The number of anilines is 1. The Morgan fingerprint density at radius 1 is 1.59 bits per heavy atom. The number of hydrogen-bond acceptors (Lipinski definition) is 3. The van der Waals surface area contributed by atoms with E-state index in [0.717, 1.165) is 25.2 Å². The van der Waals surface area contributed by atoms with Crippen LogP contribution in [0.5, 0.6) is 0 Å². The van der Waals surface area contributed by atoms with E-state index in [2.05, 4.69) is 17.9 Å². The molecule has 1 aromatic rings. The highest BCUT2D eigenvalue weighted by Crippen LogP contribution is 2.26. The lowest BCUT2D eigenvalue weighted by Gasteiger charge is -2.34. The average molecular weight is 251 g/mol. The summed E-state index contributed by atoms with van der Waals surface area (Å²) in [5.74, 6) is 0. The predicted octanol–water partition coefficient (Wildman–Crippen LogP) is 2.83. The lowest BCUT2D eigenvalue weighted by atomic mass is 10.1. The van der Waals surface area contributed by atoms with Crippen molar-refractivity contribution >= 4 is 17.3 Å². The number of nitrogens with zero attached hydrogens (tertiary/aromatic N) is 2. The Morgan fingerprint density at radius 3 is 3.12 bits per heavy atom. The van der Waals surface area contributed by atoms with E-state index in [9.17, 15) is 0 Å². The van der Waals surface area contributed by atoms with Crippen molar-refractivity contribution in [2.75, 3.05) is 24.6 Å². The van der Waals surface area contributed by atoms with E-state index in [1.165, 1.54) is 0 Å². The minimum atomic E-state index is 0.245. The molecular formula is C13H15ClN2O. The fourth-order valence-electron chi connectivity index (χ4n) is 2.05. The Balaban J connectivity index is 2.27. The van der Waals surface area contributed by atoms with Crippen LogP contribution in [0.15, 0.2) is 18.2 Å². The topological polar surface area (TPSA) is 36.3 Å². The highest BCUT2D eigenvalue weighted by molar-refractivity contribution is 6.30. The highest BCUT2D eigenvalue weighted by Gasteiger charge is 2.21. The molecule has 0 bridgehead atoms. The second kappa shape index (κ2) is 5.39. The monoisotopic (exact) mass is 250 g/mol. The maximum atomic E-state index is 9.11. The molecule has 1 heterocycles. The van der Waals surface area contributed by atoms with Gasteiger partial charge in [0.2, 0.25) is 0 Å². The second-order valence-electron chi connectivity index (χ2n) is 4.12. The molecule has 0 saturated carbocycles. The molecule has 1 aliphatic rings. The zero-order chi connectivity index (χ0) is 12.3. The minimum Gasteiger partial charge on any atom is -0.375 e. The highest BCUT2D eigenvalue weighted by atomic mass is 35.5. The first-order valence-electron chi connectivity index (χ1n) is 5.80. The molecular weight excluding hydrogens is 236 g/mol. The van der Waals surface area contributed by atoms with Crippen molar-refractivity contribution < 1.29 is 4.74 Å². The van der Waals surface area contributed by atoms with Crippen molar-refractivity contribution in [2.45, 2.75) is 19.4 Å². The minimum absolute atomic E-state index is 0.245. The van der Waals surface area contributed by atoms with Gasteiger partial charge in [0.25, 0.3) is 0 Å². The molecule has 1 aromatic carbocycles. The summed E-state index contributed by atoms with van der Waals surface area (Å²) in [6.45, 7) is 4.45. The van der Waals surface area contributed by atoms with E-state index in [-0.39, 0.29) is 6.10 Å². The van der Waals surface area contributed by atoms with Gasteiger partial charge in [-0.2, -0.15) is 5.26 Å². The molecule has 1 unspecified atom stereocenters. The summed E-state index contributed by atoms with van der Waals surface area (Å²) in [5, 5.41) is 9.78. The first-order chi connectivity index (χ1) is 8.24. The predicted molar refractivity (Wildman–Crippen MR) is 68.4 cm³/mol. The Labute approximate surface area is 107 Å². The Bertz CT molecular complexity index is 442. The lowest BCUT2D eigenvalue weighted by Crippen LogP contribution is -2.42. The first-order valence-corrected chi connectivity index (χ1v) is 6.18. The third kappa shape index (κ3) is 2.71. The van der Waals surface area contributed by atoms with E-state index in [4.69, 9.17) is 21.6 Å². The molecule has 0 spiro atoms. The number of hydrogen-bond donors (Lipinski definition) is 0. The number of ether oxygens (including phenoxy) is 1. The summed E-state index contributed by atoms with van der Waals surface area (Å²) in [5.41, 5.74) is 1.59. The summed E-state index contributed by atoms with van der Waals surface area (Å²) >= 11 is 6.00. The number of morpholine rings is 1. The van der Waals surface area contributed by atoms with Crippen LogP contribution in [0.25, 0.3) is 0 Å². The van der Waals surface area contributed by atoms with Crippen LogP contribution in [0.3, 0.4) is 0 Å². The standard InChI is InChI=1S/C13H15ClN2O/c1-2-12-9-16(5-6-17-12)13-7-11(14)4-3-10(13)8-15/h3-4,7,12H,2,5-6,9H2,1H3. The molecule has 4 heteroatoms. The number of benzene rings is 1. The van der Waals surface area contributed by atoms with Crippen molar-refractivity contribution in [3.05, 3.63) is 28.8 Å². The van der Waals surface area contributed by atoms with Gasteiger partial charge < -0.3 is 9.64 Å². The van der Waals surface area contributed by atoms with Crippen LogP contribution < -0.4 is 4.90 Å². The lowest BCUT2D eigenvalue weighted by molar-refractivity contribution is 0.0384. The maximum absolute atomic E-state index is 9.11. The molecule has 3 nitrogen and oxygen atoms in total. The maximum Gasteiger partial charge on any atom is 0.101 e. The number of rotatable bonds is 2. The molecule has 1 aliphatic heterocycles. The molecule has 1 saturated heterocycles. The zero-order valence-electron chi connectivity index (χ0n) is 9.82. The van der Waals surface area contributed by atoms with E-state index < -0.39 is 0 Å². The normalized spacial score (nSPS) is 20.1. The molecule has 0 aliphatic carbocycles. The smallest absolute Gasteiger partial charge is 0.101 e. The third-order valence-electron chi connectivity index (χ3n) is 3.02. The van der Waals surface area contributed by atoms with Crippen molar-refractivity contribution in [3.8, 4) is 6.07 Å².